The summed E-state index contributed by atoms with van der Waals surface area (Å²) in [6, 6.07) is 10.3. The predicted molar refractivity (Wildman–Crippen MR) is 87.2 cm³/mol. The fourth-order valence-electron chi connectivity index (χ4n) is 2.92. The first-order chi connectivity index (χ1) is 10.1. The van der Waals surface area contributed by atoms with Crippen molar-refractivity contribution in [3.63, 3.8) is 0 Å². The maximum absolute atomic E-state index is 5.94. The molecule has 0 radical (unpaired) electrons. The van der Waals surface area contributed by atoms with Gasteiger partial charge in [0.25, 0.3) is 0 Å². The molecule has 1 aromatic carbocycles. The second-order valence-electron chi connectivity index (χ2n) is 5.64. The molecule has 4 nitrogen and oxygen atoms in total. The van der Waals surface area contributed by atoms with Crippen LogP contribution in [0.15, 0.2) is 30.3 Å². The first-order valence-electron chi connectivity index (χ1n) is 7.30. The Hall–Kier alpha value is -1.43. The van der Waals surface area contributed by atoms with Gasteiger partial charge < -0.3 is 10.5 Å². The topological polar surface area (TPSA) is 51.4 Å². The SMILES string of the molecule is C[C@@H]1CN(Cc2sc(N)nc2-c2ccccc2)C[C@H](C)O1. The van der Waals surface area contributed by atoms with E-state index in [1.54, 1.807) is 11.3 Å². The average molecular weight is 303 g/mol. The Bertz CT molecular complexity index is 589. The van der Waals surface area contributed by atoms with Gasteiger partial charge in [-0.15, -0.1) is 11.3 Å². The van der Waals surface area contributed by atoms with Gasteiger partial charge in [0.1, 0.15) is 0 Å². The summed E-state index contributed by atoms with van der Waals surface area (Å²) < 4.78 is 5.80. The van der Waals surface area contributed by atoms with Crippen molar-refractivity contribution in [3.8, 4) is 11.3 Å². The molecule has 0 amide bonds. The molecule has 2 aromatic rings. The second kappa shape index (κ2) is 6.13. The molecule has 3 rings (SSSR count). The van der Waals surface area contributed by atoms with Gasteiger partial charge in [-0.3, -0.25) is 4.90 Å². The van der Waals surface area contributed by atoms with Crippen LogP contribution in [0.2, 0.25) is 0 Å². The third-order valence-corrected chi connectivity index (χ3v) is 4.49. The average Bonchev–Trinajstić information content (AvgIpc) is 2.79. The molecular formula is C16H21N3OS. The van der Waals surface area contributed by atoms with Gasteiger partial charge >= 0.3 is 0 Å². The fourth-order valence-corrected chi connectivity index (χ4v) is 3.81. The number of benzene rings is 1. The van der Waals surface area contributed by atoms with Gasteiger partial charge in [0.2, 0.25) is 0 Å². The van der Waals surface area contributed by atoms with Crippen molar-refractivity contribution < 1.29 is 4.74 Å². The Morgan fingerprint density at radius 3 is 2.57 bits per heavy atom. The first-order valence-corrected chi connectivity index (χ1v) is 8.12. The largest absolute Gasteiger partial charge is 0.375 e. The van der Waals surface area contributed by atoms with Crippen LogP contribution in [0.25, 0.3) is 11.3 Å². The van der Waals surface area contributed by atoms with E-state index in [1.807, 2.05) is 18.2 Å². The number of morpholine rings is 1. The molecule has 1 fully saturated rings. The molecule has 1 aliphatic rings. The van der Waals surface area contributed by atoms with Crippen LogP contribution in [-0.2, 0) is 11.3 Å². The molecule has 2 N–H and O–H groups in total. The van der Waals surface area contributed by atoms with Crippen LogP contribution in [0.5, 0.6) is 0 Å². The van der Waals surface area contributed by atoms with Crippen LogP contribution in [-0.4, -0.2) is 35.2 Å². The van der Waals surface area contributed by atoms with E-state index in [0.717, 1.165) is 30.9 Å². The van der Waals surface area contributed by atoms with E-state index in [0.29, 0.717) is 5.13 Å². The Morgan fingerprint density at radius 2 is 1.90 bits per heavy atom. The summed E-state index contributed by atoms with van der Waals surface area (Å²) in [6.07, 6.45) is 0.554. The summed E-state index contributed by atoms with van der Waals surface area (Å²) in [4.78, 5) is 8.19. The van der Waals surface area contributed by atoms with Crippen molar-refractivity contribution in [3.05, 3.63) is 35.2 Å². The van der Waals surface area contributed by atoms with Crippen LogP contribution in [0, 0.1) is 0 Å². The van der Waals surface area contributed by atoms with Crippen molar-refractivity contribution >= 4 is 16.5 Å². The van der Waals surface area contributed by atoms with E-state index < -0.39 is 0 Å². The molecule has 0 bridgehead atoms. The Balaban J connectivity index is 1.83. The summed E-state index contributed by atoms with van der Waals surface area (Å²) in [6.45, 7) is 7.05. The summed E-state index contributed by atoms with van der Waals surface area (Å²) in [7, 11) is 0. The maximum Gasteiger partial charge on any atom is 0.180 e. The van der Waals surface area contributed by atoms with Gasteiger partial charge in [-0.25, -0.2) is 4.98 Å². The van der Waals surface area contributed by atoms with Crippen LogP contribution in [0.1, 0.15) is 18.7 Å². The van der Waals surface area contributed by atoms with Gasteiger partial charge in [0, 0.05) is 30.1 Å². The summed E-state index contributed by atoms with van der Waals surface area (Å²) >= 11 is 1.59. The minimum absolute atomic E-state index is 0.277. The molecule has 21 heavy (non-hydrogen) atoms. The van der Waals surface area contributed by atoms with Crippen molar-refractivity contribution in [2.45, 2.75) is 32.6 Å². The molecule has 2 atom stereocenters. The minimum Gasteiger partial charge on any atom is -0.375 e. The number of ether oxygens (including phenoxy) is 1. The van der Waals surface area contributed by atoms with Crippen molar-refractivity contribution in [1.29, 1.82) is 0 Å². The fraction of sp³-hybridized carbons (Fsp3) is 0.438. The molecule has 0 aliphatic carbocycles. The lowest BCUT2D eigenvalue weighted by Gasteiger charge is -2.35. The highest BCUT2D eigenvalue weighted by Crippen LogP contribution is 2.31. The lowest BCUT2D eigenvalue weighted by atomic mass is 10.1. The summed E-state index contributed by atoms with van der Waals surface area (Å²) in [5.41, 5.74) is 8.09. The molecule has 2 heterocycles. The monoisotopic (exact) mass is 303 g/mol. The lowest BCUT2D eigenvalue weighted by Crippen LogP contribution is -2.44. The zero-order valence-corrected chi connectivity index (χ0v) is 13.3. The van der Waals surface area contributed by atoms with E-state index in [1.165, 1.54) is 4.88 Å². The molecule has 1 aromatic heterocycles. The van der Waals surface area contributed by atoms with E-state index in [9.17, 15) is 0 Å². The van der Waals surface area contributed by atoms with Crippen molar-refractivity contribution in [2.24, 2.45) is 0 Å². The standard InChI is InChI=1S/C16H21N3OS/c1-11-8-19(9-12(2)20-11)10-14-15(18-16(17)21-14)13-6-4-3-5-7-13/h3-7,11-12H,8-10H2,1-2H3,(H2,17,18)/t11-,12+. The van der Waals surface area contributed by atoms with E-state index >= 15 is 0 Å². The molecule has 0 saturated carbocycles. The van der Waals surface area contributed by atoms with Gasteiger partial charge in [-0.2, -0.15) is 0 Å². The highest BCUT2D eigenvalue weighted by atomic mass is 32.1. The van der Waals surface area contributed by atoms with E-state index in [2.05, 4.69) is 35.9 Å². The number of rotatable bonds is 3. The molecule has 112 valence electrons. The number of anilines is 1. The summed E-state index contributed by atoms with van der Waals surface area (Å²) in [5.74, 6) is 0. The highest BCUT2D eigenvalue weighted by molar-refractivity contribution is 7.15. The number of hydrogen-bond donors (Lipinski definition) is 1. The number of thiazole rings is 1. The smallest absolute Gasteiger partial charge is 0.180 e. The van der Waals surface area contributed by atoms with Gasteiger partial charge in [0.15, 0.2) is 5.13 Å². The maximum atomic E-state index is 5.94. The first kappa shape index (κ1) is 14.5. The lowest BCUT2D eigenvalue weighted by molar-refractivity contribution is -0.0702. The number of nitrogen functional groups attached to an aromatic ring is 1. The van der Waals surface area contributed by atoms with E-state index in [4.69, 9.17) is 10.5 Å². The predicted octanol–water partition coefficient (Wildman–Crippen LogP) is 3.00. The van der Waals surface area contributed by atoms with Crippen LogP contribution in [0.4, 0.5) is 5.13 Å². The molecule has 5 heteroatoms. The number of aromatic nitrogens is 1. The third-order valence-electron chi connectivity index (χ3n) is 3.62. The summed E-state index contributed by atoms with van der Waals surface area (Å²) in [5, 5.41) is 0.637. The molecule has 1 aliphatic heterocycles. The zero-order chi connectivity index (χ0) is 14.8. The third kappa shape index (κ3) is 3.43. The Labute approximate surface area is 129 Å². The number of nitrogens with zero attached hydrogens (tertiary/aromatic N) is 2. The minimum atomic E-state index is 0.277. The quantitative estimate of drug-likeness (QED) is 0.947. The molecule has 0 unspecified atom stereocenters. The Morgan fingerprint density at radius 1 is 1.24 bits per heavy atom. The van der Waals surface area contributed by atoms with Gasteiger partial charge in [-0.05, 0) is 13.8 Å². The molecular weight excluding hydrogens is 282 g/mol. The van der Waals surface area contributed by atoms with Crippen LogP contribution >= 0.6 is 11.3 Å². The van der Waals surface area contributed by atoms with Crippen LogP contribution < -0.4 is 5.73 Å². The Kier molecular flexibility index (Phi) is 4.24. The van der Waals surface area contributed by atoms with E-state index in [-0.39, 0.29) is 12.2 Å². The highest BCUT2D eigenvalue weighted by Gasteiger charge is 2.24. The molecule has 0 spiro atoms. The number of nitrogens with two attached hydrogens (primary N) is 1. The van der Waals surface area contributed by atoms with Gasteiger partial charge in [-0.1, -0.05) is 30.3 Å². The molecule has 1 saturated heterocycles. The second-order valence-corrected chi connectivity index (χ2v) is 6.76. The van der Waals surface area contributed by atoms with Crippen LogP contribution in [0.3, 0.4) is 0 Å². The van der Waals surface area contributed by atoms with Gasteiger partial charge in [0.05, 0.1) is 17.9 Å². The van der Waals surface area contributed by atoms with Crippen molar-refractivity contribution in [1.82, 2.24) is 9.88 Å². The zero-order valence-electron chi connectivity index (χ0n) is 12.5. The number of hydrogen-bond acceptors (Lipinski definition) is 5. The van der Waals surface area contributed by atoms with Crippen molar-refractivity contribution in [2.75, 3.05) is 18.8 Å². The normalized spacial score (nSPS) is 23.3.